The van der Waals surface area contributed by atoms with Gasteiger partial charge >= 0.3 is 0 Å². The smallest absolute Gasteiger partial charge is 0.267 e. The summed E-state index contributed by atoms with van der Waals surface area (Å²) in [6.45, 7) is 6.84. The lowest BCUT2D eigenvalue weighted by Crippen LogP contribution is -2.11. The summed E-state index contributed by atoms with van der Waals surface area (Å²) >= 11 is 7.47. The zero-order chi connectivity index (χ0) is 23.6. The lowest BCUT2D eigenvalue weighted by Gasteiger charge is -2.10. The molecule has 0 fully saturated rings. The Kier molecular flexibility index (Phi) is 8.86. The van der Waals surface area contributed by atoms with Gasteiger partial charge in [0.2, 0.25) is 0 Å². The molecule has 3 N–H and O–H groups in total. The minimum absolute atomic E-state index is 0.250. The molecule has 0 bridgehead atoms. The van der Waals surface area contributed by atoms with Crippen molar-refractivity contribution in [2.24, 2.45) is 4.99 Å². The Bertz CT molecular complexity index is 1140. The van der Waals surface area contributed by atoms with Crippen LogP contribution in [0.4, 0.5) is 16.5 Å². The number of rotatable bonds is 10. The summed E-state index contributed by atoms with van der Waals surface area (Å²) < 4.78 is 5.80. The van der Waals surface area contributed by atoms with Crippen LogP contribution in [0.15, 0.2) is 59.9 Å². The van der Waals surface area contributed by atoms with Crippen LogP contribution in [0.1, 0.15) is 27.7 Å². The van der Waals surface area contributed by atoms with Crippen molar-refractivity contribution in [3.05, 3.63) is 75.9 Å². The Morgan fingerprint density at radius 2 is 2.09 bits per heavy atom. The number of thiazole rings is 1. The van der Waals surface area contributed by atoms with E-state index in [1.165, 1.54) is 11.3 Å². The Morgan fingerprint density at radius 3 is 2.85 bits per heavy atom. The number of aromatic nitrogens is 1. The van der Waals surface area contributed by atoms with Crippen LogP contribution in [0.5, 0.6) is 5.75 Å². The molecule has 0 saturated heterocycles. The van der Waals surface area contributed by atoms with E-state index in [0.717, 1.165) is 22.6 Å². The van der Waals surface area contributed by atoms with Gasteiger partial charge in [-0.15, -0.1) is 0 Å². The zero-order valence-electron chi connectivity index (χ0n) is 18.7. The molecule has 172 valence electrons. The van der Waals surface area contributed by atoms with E-state index in [9.17, 15) is 4.79 Å². The van der Waals surface area contributed by atoms with Crippen LogP contribution >= 0.6 is 22.9 Å². The van der Waals surface area contributed by atoms with Gasteiger partial charge in [-0.1, -0.05) is 41.1 Å². The van der Waals surface area contributed by atoms with E-state index in [1.807, 2.05) is 57.2 Å². The number of aliphatic imine (C=N–C) groups is 1. The van der Waals surface area contributed by atoms with Gasteiger partial charge < -0.3 is 20.7 Å². The van der Waals surface area contributed by atoms with Crippen molar-refractivity contribution in [3.63, 3.8) is 0 Å². The van der Waals surface area contributed by atoms with Crippen LogP contribution in [-0.2, 0) is 0 Å². The standard InChI is InChI=1S/C24H26ClN5O2S/c1-4-10-26-15-27-11-12-32-20-9-8-18(13-17(20)3)29-24-28-14-21(33-24)23(31)30-22-16(2)6-5-7-19(22)25/h4-10,13-15H,11-12H2,1-3H3,(H,26,27)(H,28,29)(H,30,31)/b10-4-. The molecule has 0 unspecified atom stereocenters. The van der Waals surface area contributed by atoms with Gasteiger partial charge in [0.25, 0.3) is 5.91 Å². The number of anilines is 3. The topological polar surface area (TPSA) is 87.6 Å². The molecule has 1 heterocycles. The predicted molar refractivity (Wildman–Crippen MR) is 138 cm³/mol. The van der Waals surface area contributed by atoms with Crippen LogP contribution in [-0.4, -0.2) is 30.4 Å². The summed E-state index contributed by atoms with van der Waals surface area (Å²) in [6, 6.07) is 11.3. The second-order valence-electron chi connectivity index (χ2n) is 7.07. The van der Waals surface area contributed by atoms with Gasteiger partial charge in [-0.25, -0.2) is 4.98 Å². The highest BCUT2D eigenvalue weighted by Crippen LogP contribution is 2.29. The Labute approximate surface area is 202 Å². The minimum atomic E-state index is -0.250. The minimum Gasteiger partial charge on any atom is -0.491 e. The van der Waals surface area contributed by atoms with Crippen molar-refractivity contribution in [1.29, 1.82) is 0 Å². The molecule has 1 amide bonds. The maximum absolute atomic E-state index is 12.6. The SMILES string of the molecule is C/C=C\NC=NCCOc1ccc(Nc2ncc(C(=O)Nc3c(C)cccc3Cl)s2)cc1C. The number of aryl methyl sites for hydroxylation is 2. The number of nitrogens with one attached hydrogen (secondary N) is 3. The number of carbonyl (C=O) groups is 1. The number of benzene rings is 2. The molecule has 0 aliphatic carbocycles. The molecule has 1 aromatic heterocycles. The molecule has 9 heteroatoms. The lowest BCUT2D eigenvalue weighted by atomic mass is 10.2. The maximum Gasteiger partial charge on any atom is 0.267 e. The molecular formula is C24H26ClN5O2S. The Hall–Kier alpha value is -3.36. The normalized spacial score (nSPS) is 11.2. The van der Waals surface area contributed by atoms with Gasteiger partial charge in [0.1, 0.15) is 17.2 Å². The first-order valence-electron chi connectivity index (χ1n) is 10.4. The van der Waals surface area contributed by atoms with E-state index >= 15 is 0 Å². The number of halogens is 1. The molecule has 3 rings (SSSR count). The highest BCUT2D eigenvalue weighted by molar-refractivity contribution is 7.17. The molecule has 0 aliphatic heterocycles. The average molecular weight is 484 g/mol. The van der Waals surface area contributed by atoms with Gasteiger partial charge in [-0.3, -0.25) is 9.79 Å². The number of amides is 1. The molecule has 3 aromatic rings. The third kappa shape index (κ3) is 7.06. The van der Waals surface area contributed by atoms with Crippen molar-refractivity contribution in [3.8, 4) is 5.75 Å². The molecule has 0 saturated carbocycles. The third-order valence-electron chi connectivity index (χ3n) is 4.52. The van der Waals surface area contributed by atoms with Crippen LogP contribution < -0.4 is 20.7 Å². The molecule has 0 radical (unpaired) electrons. The number of para-hydroxylation sites is 1. The fraction of sp³-hybridized carbons (Fsp3) is 0.208. The van der Waals surface area contributed by atoms with Crippen molar-refractivity contribution >= 4 is 51.7 Å². The summed E-state index contributed by atoms with van der Waals surface area (Å²) in [5.41, 5.74) is 3.35. The summed E-state index contributed by atoms with van der Waals surface area (Å²) in [5, 5.41) is 10.2. The van der Waals surface area contributed by atoms with Gasteiger partial charge in [0.15, 0.2) is 5.13 Å². The lowest BCUT2D eigenvalue weighted by molar-refractivity contribution is 0.103. The quantitative estimate of drug-likeness (QED) is 0.189. The van der Waals surface area contributed by atoms with Gasteiger partial charge in [0.05, 0.1) is 29.8 Å². The van der Waals surface area contributed by atoms with E-state index in [2.05, 4.69) is 25.9 Å². The second-order valence-corrected chi connectivity index (χ2v) is 8.51. The van der Waals surface area contributed by atoms with E-state index in [0.29, 0.717) is 33.9 Å². The zero-order valence-corrected chi connectivity index (χ0v) is 20.3. The molecule has 2 aromatic carbocycles. The molecule has 0 atom stereocenters. The second kappa shape index (κ2) is 12.0. The molecule has 0 spiro atoms. The Morgan fingerprint density at radius 1 is 1.24 bits per heavy atom. The number of hydrogen-bond donors (Lipinski definition) is 3. The van der Waals surface area contributed by atoms with Crippen LogP contribution in [0.3, 0.4) is 0 Å². The number of ether oxygens (including phenoxy) is 1. The summed E-state index contributed by atoms with van der Waals surface area (Å²) in [4.78, 5) is 21.6. The summed E-state index contributed by atoms with van der Waals surface area (Å²) in [5.74, 6) is 0.548. The molecule has 7 nitrogen and oxygen atoms in total. The fourth-order valence-corrected chi connectivity index (χ4v) is 3.88. The third-order valence-corrected chi connectivity index (χ3v) is 5.75. The van der Waals surface area contributed by atoms with E-state index in [4.69, 9.17) is 16.3 Å². The van der Waals surface area contributed by atoms with E-state index in [1.54, 1.807) is 24.8 Å². The first kappa shape index (κ1) is 24.3. The van der Waals surface area contributed by atoms with Gasteiger partial charge in [-0.05, 0) is 62.4 Å². The van der Waals surface area contributed by atoms with E-state index < -0.39 is 0 Å². The number of allylic oxidation sites excluding steroid dienone is 1. The molecule has 33 heavy (non-hydrogen) atoms. The Balaban J connectivity index is 1.55. The number of nitrogens with zero attached hydrogens (tertiary/aromatic N) is 2. The average Bonchev–Trinajstić information content (AvgIpc) is 3.25. The highest BCUT2D eigenvalue weighted by Gasteiger charge is 2.14. The number of hydrogen-bond acceptors (Lipinski definition) is 6. The van der Waals surface area contributed by atoms with Crippen LogP contribution in [0.2, 0.25) is 5.02 Å². The number of carbonyl (C=O) groups excluding carboxylic acids is 1. The predicted octanol–water partition coefficient (Wildman–Crippen LogP) is 5.94. The first-order chi connectivity index (χ1) is 16.0. The van der Waals surface area contributed by atoms with Crippen LogP contribution in [0, 0.1) is 13.8 Å². The van der Waals surface area contributed by atoms with Crippen LogP contribution in [0.25, 0.3) is 0 Å². The van der Waals surface area contributed by atoms with Crippen molar-refractivity contribution < 1.29 is 9.53 Å². The van der Waals surface area contributed by atoms with Crippen molar-refractivity contribution in [2.45, 2.75) is 20.8 Å². The van der Waals surface area contributed by atoms with Gasteiger partial charge in [0, 0.05) is 5.69 Å². The molecular weight excluding hydrogens is 458 g/mol. The highest BCUT2D eigenvalue weighted by atomic mass is 35.5. The summed E-state index contributed by atoms with van der Waals surface area (Å²) in [7, 11) is 0. The van der Waals surface area contributed by atoms with Gasteiger partial charge in [-0.2, -0.15) is 0 Å². The van der Waals surface area contributed by atoms with Crippen molar-refractivity contribution in [1.82, 2.24) is 10.3 Å². The molecule has 0 aliphatic rings. The maximum atomic E-state index is 12.6. The first-order valence-corrected chi connectivity index (χ1v) is 11.6. The largest absolute Gasteiger partial charge is 0.491 e. The fourth-order valence-electron chi connectivity index (χ4n) is 2.88. The van der Waals surface area contributed by atoms with Crippen molar-refractivity contribution in [2.75, 3.05) is 23.8 Å². The van der Waals surface area contributed by atoms with E-state index in [-0.39, 0.29) is 5.91 Å². The summed E-state index contributed by atoms with van der Waals surface area (Å²) in [6.07, 6.45) is 6.88. The monoisotopic (exact) mass is 483 g/mol.